The number of fused-ring (bicyclic) bond motifs is 1. The lowest BCUT2D eigenvalue weighted by molar-refractivity contribution is -0.114. The van der Waals surface area contributed by atoms with Gasteiger partial charge in [-0.1, -0.05) is 29.8 Å². The zero-order valence-electron chi connectivity index (χ0n) is 14.5. The second-order valence-electron chi connectivity index (χ2n) is 6.06. The van der Waals surface area contributed by atoms with Gasteiger partial charge in [-0.05, 0) is 48.9 Å². The molecule has 1 amide bonds. The maximum Gasteiger partial charge on any atom is 0.336 e. The minimum absolute atomic E-state index is 0.120. The molecule has 0 spiro atoms. The van der Waals surface area contributed by atoms with Gasteiger partial charge in [-0.2, -0.15) is 0 Å². The number of anilines is 1. The molecule has 0 unspecified atom stereocenters. The number of amides is 1. The summed E-state index contributed by atoms with van der Waals surface area (Å²) < 4.78 is 0. The molecule has 0 saturated carbocycles. The highest BCUT2D eigenvalue weighted by Crippen LogP contribution is 2.21. The van der Waals surface area contributed by atoms with Crippen molar-refractivity contribution in [2.75, 3.05) is 5.32 Å². The highest BCUT2D eigenvalue weighted by Gasteiger charge is 2.11. The van der Waals surface area contributed by atoms with Crippen molar-refractivity contribution in [1.29, 1.82) is 0 Å². The number of aryl methyl sites for hydroxylation is 1. The fourth-order valence-corrected chi connectivity index (χ4v) is 2.68. The Hall–Kier alpha value is -3.47. The van der Waals surface area contributed by atoms with Crippen molar-refractivity contribution < 1.29 is 14.7 Å². The molecule has 5 nitrogen and oxygen atoms in total. The Morgan fingerprint density at radius 1 is 1.04 bits per heavy atom. The highest BCUT2D eigenvalue weighted by molar-refractivity contribution is 6.03. The number of aromatic carboxylic acids is 1. The van der Waals surface area contributed by atoms with Gasteiger partial charge in [-0.3, -0.25) is 4.79 Å². The zero-order valence-corrected chi connectivity index (χ0v) is 14.5. The Morgan fingerprint density at radius 3 is 2.42 bits per heavy atom. The van der Waals surface area contributed by atoms with Crippen molar-refractivity contribution in [3.8, 4) is 0 Å². The van der Waals surface area contributed by atoms with Crippen LogP contribution in [0.4, 0.5) is 5.69 Å². The van der Waals surface area contributed by atoms with Crippen molar-refractivity contribution in [2.24, 2.45) is 0 Å². The molecule has 3 aromatic rings. The lowest BCUT2D eigenvalue weighted by atomic mass is 10.0. The Morgan fingerprint density at radius 2 is 1.77 bits per heavy atom. The fourth-order valence-electron chi connectivity index (χ4n) is 2.68. The van der Waals surface area contributed by atoms with Crippen LogP contribution in [0.3, 0.4) is 0 Å². The monoisotopic (exact) mass is 346 g/mol. The van der Waals surface area contributed by atoms with Gasteiger partial charge in [-0.25, -0.2) is 9.78 Å². The van der Waals surface area contributed by atoms with Gasteiger partial charge >= 0.3 is 5.97 Å². The zero-order chi connectivity index (χ0) is 18.7. The van der Waals surface area contributed by atoms with Crippen LogP contribution in [0, 0.1) is 6.92 Å². The van der Waals surface area contributed by atoms with Gasteiger partial charge in [0.05, 0.1) is 16.8 Å². The molecule has 1 aromatic heterocycles. The number of carboxylic acid groups (broad SMARTS) is 1. The first-order chi connectivity index (χ1) is 12.4. The van der Waals surface area contributed by atoms with E-state index >= 15 is 0 Å². The first-order valence-corrected chi connectivity index (χ1v) is 8.13. The Balaban J connectivity index is 1.93. The van der Waals surface area contributed by atoms with Crippen molar-refractivity contribution in [1.82, 2.24) is 4.98 Å². The summed E-state index contributed by atoms with van der Waals surface area (Å²) >= 11 is 0. The molecule has 26 heavy (non-hydrogen) atoms. The van der Waals surface area contributed by atoms with E-state index in [0.717, 1.165) is 16.8 Å². The molecular formula is C21H18N2O3. The quantitative estimate of drug-likeness (QED) is 0.735. The molecule has 2 N–H and O–H groups in total. The molecule has 0 bridgehead atoms. The SMILES string of the molecule is CC(=O)Nc1ccc(/C=C/c2cc(C(=O)O)c3cc(C)ccc3n2)cc1. The average molecular weight is 346 g/mol. The van der Waals surface area contributed by atoms with Crippen LogP contribution in [0.2, 0.25) is 0 Å². The van der Waals surface area contributed by atoms with E-state index in [1.54, 1.807) is 24.3 Å². The Kier molecular flexibility index (Phi) is 4.80. The van der Waals surface area contributed by atoms with E-state index in [1.807, 2.05) is 43.3 Å². The number of carbonyl (C=O) groups excluding carboxylic acids is 1. The van der Waals surface area contributed by atoms with Crippen LogP contribution in [0.15, 0.2) is 48.5 Å². The van der Waals surface area contributed by atoms with Crippen LogP contribution in [0.5, 0.6) is 0 Å². The first kappa shape index (κ1) is 17.4. The average Bonchev–Trinajstić information content (AvgIpc) is 2.60. The normalized spacial score (nSPS) is 11.0. The van der Waals surface area contributed by atoms with Crippen molar-refractivity contribution >= 4 is 40.6 Å². The number of nitrogens with zero attached hydrogens (tertiary/aromatic N) is 1. The molecule has 0 radical (unpaired) electrons. The molecule has 130 valence electrons. The number of rotatable bonds is 4. The lowest BCUT2D eigenvalue weighted by Gasteiger charge is -2.06. The third-order valence-corrected chi connectivity index (χ3v) is 3.89. The smallest absolute Gasteiger partial charge is 0.336 e. The molecule has 0 fully saturated rings. The number of carboxylic acids is 1. The third-order valence-electron chi connectivity index (χ3n) is 3.89. The number of pyridine rings is 1. The summed E-state index contributed by atoms with van der Waals surface area (Å²) in [6.45, 7) is 3.38. The number of nitrogens with one attached hydrogen (secondary N) is 1. The summed E-state index contributed by atoms with van der Waals surface area (Å²) in [6, 6.07) is 14.5. The summed E-state index contributed by atoms with van der Waals surface area (Å²) in [4.78, 5) is 27.2. The summed E-state index contributed by atoms with van der Waals surface area (Å²) in [7, 11) is 0. The van der Waals surface area contributed by atoms with Crippen LogP contribution < -0.4 is 5.32 Å². The summed E-state index contributed by atoms with van der Waals surface area (Å²) in [6.07, 6.45) is 3.63. The summed E-state index contributed by atoms with van der Waals surface area (Å²) in [5.41, 5.74) is 4.09. The van der Waals surface area contributed by atoms with Crippen LogP contribution in [0.1, 0.15) is 34.1 Å². The molecule has 2 aromatic carbocycles. The van der Waals surface area contributed by atoms with E-state index in [4.69, 9.17) is 0 Å². The van der Waals surface area contributed by atoms with Gasteiger partial charge in [0.1, 0.15) is 0 Å². The molecule has 0 atom stereocenters. The maximum absolute atomic E-state index is 11.6. The standard InChI is InChI=1S/C21H18N2O3/c1-13-3-10-20-18(11-13)19(21(25)26)12-17(23-20)9-6-15-4-7-16(8-5-15)22-14(2)24/h3-12H,1-2H3,(H,22,24)(H,25,26)/b9-6+. The van der Waals surface area contributed by atoms with Crippen molar-refractivity contribution in [3.63, 3.8) is 0 Å². The topological polar surface area (TPSA) is 79.3 Å². The lowest BCUT2D eigenvalue weighted by Crippen LogP contribution is -2.05. The van der Waals surface area contributed by atoms with Gasteiger partial charge in [0.15, 0.2) is 0 Å². The number of benzene rings is 2. The highest BCUT2D eigenvalue weighted by atomic mass is 16.4. The molecule has 0 aliphatic rings. The molecule has 3 rings (SSSR count). The van der Waals surface area contributed by atoms with E-state index in [2.05, 4.69) is 10.3 Å². The molecule has 0 aliphatic carbocycles. The maximum atomic E-state index is 11.6. The van der Waals surface area contributed by atoms with Gasteiger partial charge in [0.25, 0.3) is 0 Å². The van der Waals surface area contributed by atoms with Crippen molar-refractivity contribution in [3.05, 3.63) is 70.9 Å². The number of aromatic nitrogens is 1. The molecule has 1 heterocycles. The number of hydrogen-bond donors (Lipinski definition) is 2. The summed E-state index contributed by atoms with van der Waals surface area (Å²) in [5.74, 6) is -1.09. The number of carbonyl (C=O) groups is 2. The van der Waals surface area contributed by atoms with Gasteiger partial charge in [0, 0.05) is 18.0 Å². The van der Waals surface area contributed by atoms with E-state index in [0.29, 0.717) is 16.6 Å². The predicted molar refractivity (Wildman–Crippen MR) is 103 cm³/mol. The Labute approximate surface area is 151 Å². The van der Waals surface area contributed by atoms with E-state index in [-0.39, 0.29) is 11.5 Å². The van der Waals surface area contributed by atoms with E-state index < -0.39 is 5.97 Å². The number of hydrogen-bond acceptors (Lipinski definition) is 3. The van der Waals surface area contributed by atoms with Gasteiger partial charge < -0.3 is 10.4 Å². The largest absolute Gasteiger partial charge is 0.478 e. The van der Waals surface area contributed by atoms with Crippen LogP contribution in [0.25, 0.3) is 23.1 Å². The van der Waals surface area contributed by atoms with Crippen molar-refractivity contribution in [2.45, 2.75) is 13.8 Å². The van der Waals surface area contributed by atoms with Gasteiger partial charge in [0.2, 0.25) is 5.91 Å². The van der Waals surface area contributed by atoms with Crippen LogP contribution in [-0.2, 0) is 4.79 Å². The van der Waals surface area contributed by atoms with E-state index in [1.165, 1.54) is 6.92 Å². The molecule has 0 saturated heterocycles. The first-order valence-electron chi connectivity index (χ1n) is 8.13. The van der Waals surface area contributed by atoms with Crippen LogP contribution in [-0.4, -0.2) is 22.0 Å². The predicted octanol–water partition coefficient (Wildman–Crippen LogP) is 4.37. The van der Waals surface area contributed by atoms with E-state index in [9.17, 15) is 14.7 Å². The molecule has 0 aliphatic heterocycles. The third kappa shape index (κ3) is 3.95. The minimum Gasteiger partial charge on any atom is -0.478 e. The Bertz CT molecular complexity index is 1020. The summed E-state index contributed by atoms with van der Waals surface area (Å²) in [5, 5.41) is 12.8. The second kappa shape index (κ2) is 7.19. The van der Waals surface area contributed by atoms with Gasteiger partial charge in [-0.15, -0.1) is 0 Å². The molecule has 5 heteroatoms. The minimum atomic E-state index is -0.975. The van der Waals surface area contributed by atoms with Crippen LogP contribution >= 0.6 is 0 Å². The second-order valence-corrected chi connectivity index (χ2v) is 6.06. The fraction of sp³-hybridized carbons (Fsp3) is 0.0952. The molecular weight excluding hydrogens is 328 g/mol.